The van der Waals surface area contributed by atoms with Crippen LogP contribution in [0, 0.1) is 11.8 Å². The molecule has 0 rings (SSSR count). The second-order valence-electron chi connectivity index (χ2n) is 5.24. The van der Waals surface area contributed by atoms with Gasteiger partial charge in [0.15, 0.2) is 0 Å². The monoisotopic (exact) mass is 271 g/mol. The molecule has 0 fully saturated rings. The van der Waals surface area contributed by atoms with Crippen LogP contribution in [0.15, 0.2) is 0 Å². The summed E-state index contributed by atoms with van der Waals surface area (Å²) in [7, 11) is 0. The first kappa shape index (κ1) is 17.9. The van der Waals surface area contributed by atoms with Gasteiger partial charge in [0.05, 0.1) is 5.92 Å². The van der Waals surface area contributed by atoms with Crippen molar-refractivity contribution in [3.8, 4) is 0 Å². The number of carboxylic acids is 1. The second-order valence-corrected chi connectivity index (χ2v) is 5.24. The van der Waals surface area contributed by atoms with Crippen LogP contribution in [0.2, 0.25) is 0 Å². The molecule has 0 aromatic rings. The maximum Gasteiger partial charge on any atom is 0.308 e. The molecule has 19 heavy (non-hydrogen) atoms. The fourth-order valence-electron chi connectivity index (χ4n) is 2.15. The number of hydrogen-bond acceptors (Lipinski definition) is 2. The first-order chi connectivity index (χ1) is 8.97. The van der Waals surface area contributed by atoms with Crippen molar-refractivity contribution in [2.45, 2.75) is 59.8 Å². The van der Waals surface area contributed by atoms with Gasteiger partial charge in [0, 0.05) is 19.0 Å². The molecule has 1 unspecified atom stereocenters. The summed E-state index contributed by atoms with van der Waals surface area (Å²) in [5.41, 5.74) is 0. The highest BCUT2D eigenvalue weighted by Crippen LogP contribution is 2.14. The van der Waals surface area contributed by atoms with Crippen molar-refractivity contribution in [2.24, 2.45) is 11.8 Å². The Labute approximate surface area is 117 Å². The van der Waals surface area contributed by atoms with E-state index in [-0.39, 0.29) is 11.8 Å². The van der Waals surface area contributed by atoms with Crippen molar-refractivity contribution in [1.29, 1.82) is 0 Å². The van der Waals surface area contributed by atoms with Gasteiger partial charge in [0.25, 0.3) is 0 Å². The quantitative estimate of drug-likeness (QED) is 0.621. The van der Waals surface area contributed by atoms with E-state index in [1.54, 1.807) is 11.8 Å². The minimum atomic E-state index is -0.835. The van der Waals surface area contributed by atoms with Crippen molar-refractivity contribution < 1.29 is 14.7 Å². The predicted octanol–water partition coefficient (Wildman–Crippen LogP) is 3.16. The summed E-state index contributed by atoms with van der Waals surface area (Å²) < 4.78 is 0. The van der Waals surface area contributed by atoms with Gasteiger partial charge in [-0.3, -0.25) is 9.59 Å². The van der Waals surface area contributed by atoms with Gasteiger partial charge in [-0.2, -0.15) is 0 Å². The lowest BCUT2D eigenvalue weighted by atomic mass is 10.0. The van der Waals surface area contributed by atoms with E-state index in [2.05, 4.69) is 6.92 Å². The first-order valence-electron chi connectivity index (χ1n) is 7.49. The molecule has 0 aromatic carbocycles. The summed E-state index contributed by atoms with van der Waals surface area (Å²) in [6.45, 7) is 8.81. The maximum atomic E-state index is 12.4. The number of aliphatic carboxylic acids is 1. The van der Waals surface area contributed by atoms with Crippen LogP contribution in [0.3, 0.4) is 0 Å². The molecule has 1 atom stereocenters. The molecular weight excluding hydrogens is 242 g/mol. The van der Waals surface area contributed by atoms with Crippen LogP contribution < -0.4 is 0 Å². The van der Waals surface area contributed by atoms with Gasteiger partial charge in [0.1, 0.15) is 0 Å². The van der Waals surface area contributed by atoms with Crippen LogP contribution >= 0.6 is 0 Å². The number of carbonyl (C=O) groups is 2. The standard InChI is InChI=1S/C15H29NO3/c1-5-8-9-10-16(11-12(4)15(18)19)14(17)13(6-2)7-3/h12-13H,5-11H2,1-4H3,(H,18,19). The fourth-order valence-corrected chi connectivity index (χ4v) is 2.15. The molecule has 112 valence electrons. The Bertz CT molecular complexity index is 275. The number of hydrogen-bond donors (Lipinski definition) is 1. The Morgan fingerprint density at radius 2 is 1.68 bits per heavy atom. The number of carbonyl (C=O) groups excluding carboxylic acids is 1. The van der Waals surface area contributed by atoms with Crippen LogP contribution in [0.1, 0.15) is 59.8 Å². The molecule has 0 radical (unpaired) electrons. The SMILES string of the molecule is CCCCCN(CC(C)C(=O)O)C(=O)C(CC)CC. The minimum Gasteiger partial charge on any atom is -0.481 e. The number of carboxylic acid groups (broad SMARTS) is 1. The van der Waals surface area contributed by atoms with Crippen LogP contribution in [-0.2, 0) is 9.59 Å². The number of nitrogens with zero attached hydrogens (tertiary/aromatic N) is 1. The smallest absolute Gasteiger partial charge is 0.308 e. The number of unbranched alkanes of at least 4 members (excludes halogenated alkanes) is 2. The van der Waals surface area contributed by atoms with E-state index in [9.17, 15) is 9.59 Å². The highest BCUT2D eigenvalue weighted by Gasteiger charge is 2.24. The lowest BCUT2D eigenvalue weighted by Gasteiger charge is -2.28. The summed E-state index contributed by atoms with van der Waals surface area (Å²) in [6.07, 6.45) is 4.77. The van der Waals surface area contributed by atoms with Crippen molar-refractivity contribution in [1.82, 2.24) is 4.90 Å². The van der Waals surface area contributed by atoms with Gasteiger partial charge in [-0.05, 0) is 19.3 Å². The molecule has 0 heterocycles. The highest BCUT2D eigenvalue weighted by atomic mass is 16.4. The van der Waals surface area contributed by atoms with Crippen molar-refractivity contribution >= 4 is 11.9 Å². The third-order valence-corrected chi connectivity index (χ3v) is 3.59. The Balaban J connectivity index is 4.63. The molecule has 0 bridgehead atoms. The predicted molar refractivity (Wildman–Crippen MR) is 77.0 cm³/mol. The van der Waals surface area contributed by atoms with Gasteiger partial charge in [-0.1, -0.05) is 40.5 Å². The molecule has 0 aliphatic carbocycles. The minimum absolute atomic E-state index is 0.0302. The third-order valence-electron chi connectivity index (χ3n) is 3.59. The van der Waals surface area contributed by atoms with Crippen LogP contribution in [-0.4, -0.2) is 35.0 Å². The largest absolute Gasteiger partial charge is 0.481 e. The zero-order valence-electron chi connectivity index (χ0n) is 12.8. The van der Waals surface area contributed by atoms with Gasteiger partial charge >= 0.3 is 5.97 Å². The van der Waals surface area contributed by atoms with Crippen LogP contribution in [0.25, 0.3) is 0 Å². The molecule has 0 aromatic heterocycles. The Kier molecular flexibility index (Phi) is 9.27. The highest BCUT2D eigenvalue weighted by molar-refractivity contribution is 5.79. The third kappa shape index (κ3) is 6.60. The molecule has 0 aliphatic rings. The summed E-state index contributed by atoms with van der Waals surface area (Å²) in [5.74, 6) is -1.19. The summed E-state index contributed by atoms with van der Waals surface area (Å²) in [4.78, 5) is 25.1. The van der Waals surface area contributed by atoms with E-state index in [4.69, 9.17) is 5.11 Å². The van der Waals surface area contributed by atoms with Crippen molar-refractivity contribution in [2.75, 3.05) is 13.1 Å². The Morgan fingerprint density at radius 1 is 1.11 bits per heavy atom. The van der Waals surface area contributed by atoms with E-state index < -0.39 is 11.9 Å². The summed E-state index contributed by atoms with van der Waals surface area (Å²) >= 11 is 0. The van der Waals surface area contributed by atoms with E-state index in [0.717, 1.165) is 32.1 Å². The topological polar surface area (TPSA) is 57.6 Å². The van der Waals surface area contributed by atoms with Gasteiger partial charge in [-0.25, -0.2) is 0 Å². The molecule has 1 amide bonds. The molecule has 1 N–H and O–H groups in total. The fraction of sp³-hybridized carbons (Fsp3) is 0.867. The Morgan fingerprint density at radius 3 is 2.11 bits per heavy atom. The number of rotatable bonds is 10. The maximum absolute atomic E-state index is 12.4. The molecule has 0 saturated carbocycles. The van der Waals surface area contributed by atoms with Crippen molar-refractivity contribution in [3.63, 3.8) is 0 Å². The summed E-state index contributed by atoms with van der Waals surface area (Å²) in [6, 6.07) is 0. The zero-order chi connectivity index (χ0) is 14.8. The number of amides is 1. The average molecular weight is 271 g/mol. The van der Waals surface area contributed by atoms with Gasteiger partial charge in [-0.15, -0.1) is 0 Å². The molecule has 0 aliphatic heterocycles. The Hall–Kier alpha value is -1.06. The second kappa shape index (κ2) is 9.82. The molecular formula is C15H29NO3. The normalized spacial score (nSPS) is 12.5. The van der Waals surface area contributed by atoms with Crippen molar-refractivity contribution in [3.05, 3.63) is 0 Å². The lowest BCUT2D eigenvalue weighted by Crippen LogP contribution is -2.40. The van der Waals surface area contributed by atoms with E-state index in [1.807, 2.05) is 13.8 Å². The van der Waals surface area contributed by atoms with E-state index in [0.29, 0.717) is 13.1 Å². The van der Waals surface area contributed by atoms with E-state index >= 15 is 0 Å². The van der Waals surface area contributed by atoms with Crippen LogP contribution in [0.4, 0.5) is 0 Å². The lowest BCUT2D eigenvalue weighted by molar-refractivity contribution is -0.144. The first-order valence-corrected chi connectivity index (χ1v) is 7.49. The van der Waals surface area contributed by atoms with Gasteiger partial charge in [0.2, 0.25) is 5.91 Å². The van der Waals surface area contributed by atoms with Crippen LogP contribution in [0.5, 0.6) is 0 Å². The molecule has 4 nitrogen and oxygen atoms in total. The molecule has 0 spiro atoms. The average Bonchev–Trinajstić information content (AvgIpc) is 2.38. The van der Waals surface area contributed by atoms with Gasteiger partial charge < -0.3 is 10.0 Å². The molecule has 0 saturated heterocycles. The zero-order valence-corrected chi connectivity index (χ0v) is 12.8. The summed E-state index contributed by atoms with van der Waals surface area (Å²) in [5, 5.41) is 9.00. The molecule has 4 heteroatoms. The van der Waals surface area contributed by atoms with E-state index in [1.165, 1.54) is 0 Å².